The Hall–Kier alpha value is -1.03. The molecule has 1 aromatic carbocycles. The summed E-state index contributed by atoms with van der Waals surface area (Å²) in [5.41, 5.74) is 0.420. The van der Waals surface area contributed by atoms with E-state index in [-0.39, 0.29) is 48.8 Å². The van der Waals surface area contributed by atoms with Crippen molar-refractivity contribution in [3.05, 3.63) is 34.6 Å². The van der Waals surface area contributed by atoms with Crippen LogP contribution in [0.25, 0.3) is 0 Å². The third-order valence-electron chi connectivity index (χ3n) is 3.57. The quantitative estimate of drug-likeness (QED) is 0.805. The van der Waals surface area contributed by atoms with Gasteiger partial charge in [-0.25, -0.2) is 13.2 Å². The molecule has 0 bridgehead atoms. The lowest BCUT2D eigenvalue weighted by Crippen LogP contribution is -2.29. The summed E-state index contributed by atoms with van der Waals surface area (Å²) < 4.78 is 39.2. The molecule has 19 heavy (non-hydrogen) atoms. The van der Waals surface area contributed by atoms with Crippen molar-refractivity contribution in [3.63, 3.8) is 0 Å². The summed E-state index contributed by atoms with van der Waals surface area (Å²) >= 11 is 5.77. The van der Waals surface area contributed by atoms with Crippen molar-refractivity contribution >= 4 is 17.4 Å². The first kappa shape index (κ1) is 14.4. The van der Waals surface area contributed by atoms with E-state index in [1.54, 1.807) is 6.07 Å². The molecule has 0 aromatic heterocycles. The van der Waals surface area contributed by atoms with Crippen molar-refractivity contribution in [1.82, 2.24) is 0 Å². The minimum absolute atomic E-state index is 0.00678. The van der Waals surface area contributed by atoms with Gasteiger partial charge in [0.15, 0.2) is 0 Å². The van der Waals surface area contributed by atoms with Gasteiger partial charge >= 0.3 is 0 Å². The Bertz CT molecular complexity index is 478. The molecule has 0 radical (unpaired) electrons. The summed E-state index contributed by atoms with van der Waals surface area (Å²) in [5.74, 6) is -3.71. The van der Waals surface area contributed by atoms with E-state index in [1.807, 2.05) is 0 Å². The van der Waals surface area contributed by atoms with Gasteiger partial charge in [0.2, 0.25) is 5.92 Å². The fraction of sp³-hybridized carbons (Fsp3) is 0.500. The number of rotatable bonds is 3. The van der Waals surface area contributed by atoms with Crippen molar-refractivity contribution in [2.75, 3.05) is 0 Å². The summed E-state index contributed by atoms with van der Waals surface area (Å²) in [6.07, 6.45) is -0.106. The van der Waals surface area contributed by atoms with Crippen LogP contribution in [0.4, 0.5) is 13.2 Å². The number of alkyl halides is 2. The maximum Gasteiger partial charge on any atom is 0.248 e. The minimum Gasteiger partial charge on any atom is -0.299 e. The van der Waals surface area contributed by atoms with Crippen molar-refractivity contribution in [3.8, 4) is 0 Å². The van der Waals surface area contributed by atoms with Crippen LogP contribution in [-0.4, -0.2) is 11.7 Å². The lowest BCUT2D eigenvalue weighted by molar-refractivity contribution is -0.126. The van der Waals surface area contributed by atoms with Crippen LogP contribution in [0.3, 0.4) is 0 Å². The molecule has 5 heteroatoms. The Morgan fingerprint density at radius 1 is 1.32 bits per heavy atom. The Kier molecular flexibility index (Phi) is 4.19. The molecular weight excluding hydrogens is 277 g/mol. The smallest absolute Gasteiger partial charge is 0.248 e. The molecule has 0 atom stereocenters. The molecular formula is C14H14ClF3O. The van der Waals surface area contributed by atoms with Gasteiger partial charge in [0.25, 0.3) is 0 Å². The second-order valence-corrected chi connectivity index (χ2v) is 5.36. The van der Waals surface area contributed by atoms with E-state index >= 15 is 0 Å². The van der Waals surface area contributed by atoms with Crippen LogP contribution in [0, 0.1) is 11.7 Å². The zero-order valence-corrected chi connectivity index (χ0v) is 11.0. The molecule has 1 aliphatic rings. The van der Waals surface area contributed by atoms with Crippen LogP contribution < -0.4 is 0 Å². The fourth-order valence-corrected chi connectivity index (χ4v) is 2.57. The van der Waals surface area contributed by atoms with E-state index in [9.17, 15) is 18.0 Å². The average molecular weight is 291 g/mol. The maximum atomic E-state index is 13.2. The van der Waals surface area contributed by atoms with Crippen LogP contribution in [0.15, 0.2) is 18.2 Å². The van der Waals surface area contributed by atoms with Crippen molar-refractivity contribution in [1.29, 1.82) is 0 Å². The van der Waals surface area contributed by atoms with Crippen molar-refractivity contribution in [2.24, 2.45) is 5.92 Å². The lowest BCUT2D eigenvalue weighted by Gasteiger charge is -2.27. The van der Waals surface area contributed by atoms with Gasteiger partial charge in [0, 0.05) is 25.2 Å². The highest BCUT2D eigenvalue weighted by atomic mass is 35.5. The Morgan fingerprint density at radius 2 is 1.95 bits per heavy atom. The highest BCUT2D eigenvalue weighted by Crippen LogP contribution is 2.37. The number of carbonyl (C=O) groups excluding carboxylic acids is 1. The largest absolute Gasteiger partial charge is 0.299 e. The number of hydrogen-bond donors (Lipinski definition) is 0. The van der Waals surface area contributed by atoms with Crippen LogP contribution in [0.2, 0.25) is 5.02 Å². The molecule has 0 N–H and O–H groups in total. The predicted molar refractivity (Wildman–Crippen MR) is 67.0 cm³/mol. The van der Waals surface area contributed by atoms with Crippen LogP contribution in [0.5, 0.6) is 0 Å². The van der Waals surface area contributed by atoms with Gasteiger partial charge in [0.05, 0.1) is 5.02 Å². The van der Waals surface area contributed by atoms with Crippen LogP contribution in [-0.2, 0) is 11.2 Å². The van der Waals surface area contributed by atoms with E-state index in [0.717, 1.165) is 0 Å². The van der Waals surface area contributed by atoms with E-state index in [4.69, 9.17) is 11.6 Å². The van der Waals surface area contributed by atoms with Gasteiger partial charge in [-0.05, 0) is 24.5 Å². The van der Waals surface area contributed by atoms with Crippen molar-refractivity contribution in [2.45, 2.75) is 38.0 Å². The third kappa shape index (κ3) is 3.50. The van der Waals surface area contributed by atoms with E-state index in [2.05, 4.69) is 0 Å². The number of ketones is 1. The lowest BCUT2D eigenvalue weighted by atomic mass is 9.82. The highest BCUT2D eigenvalue weighted by Gasteiger charge is 2.37. The van der Waals surface area contributed by atoms with E-state index in [0.29, 0.717) is 5.56 Å². The normalized spacial score (nSPS) is 19.4. The summed E-state index contributed by atoms with van der Waals surface area (Å²) in [7, 11) is 0. The van der Waals surface area contributed by atoms with Crippen LogP contribution >= 0.6 is 11.6 Å². The zero-order chi connectivity index (χ0) is 14.0. The molecule has 0 aliphatic heterocycles. The standard InChI is InChI=1S/C14H14ClF3O/c15-13-10(2-1-3-11(13)16)8-12(19)9-4-6-14(17,18)7-5-9/h1-3,9H,4-8H2. The maximum absolute atomic E-state index is 13.2. The number of benzene rings is 1. The molecule has 2 rings (SSSR count). The Morgan fingerprint density at radius 3 is 2.58 bits per heavy atom. The average Bonchev–Trinajstić information content (AvgIpc) is 2.35. The van der Waals surface area contributed by atoms with Gasteiger partial charge in [-0.3, -0.25) is 4.79 Å². The summed E-state index contributed by atoms with van der Waals surface area (Å²) in [6, 6.07) is 4.29. The van der Waals surface area contributed by atoms with Gasteiger partial charge in [-0.2, -0.15) is 0 Å². The third-order valence-corrected chi connectivity index (χ3v) is 3.99. The summed E-state index contributed by atoms with van der Waals surface area (Å²) in [5, 5.41) is -0.0583. The first-order valence-electron chi connectivity index (χ1n) is 6.22. The predicted octanol–water partition coefficient (Wildman–Crippen LogP) is 4.42. The van der Waals surface area contributed by atoms with E-state index < -0.39 is 11.7 Å². The SMILES string of the molecule is O=C(Cc1cccc(F)c1Cl)C1CCC(F)(F)CC1. The molecule has 1 aliphatic carbocycles. The topological polar surface area (TPSA) is 17.1 Å². The molecule has 0 spiro atoms. The summed E-state index contributed by atoms with van der Waals surface area (Å²) in [4.78, 5) is 12.0. The molecule has 1 saturated carbocycles. The second-order valence-electron chi connectivity index (χ2n) is 4.99. The molecule has 1 aromatic rings. The molecule has 0 amide bonds. The number of halogens is 4. The first-order valence-corrected chi connectivity index (χ1v) is 6.60. The molecule has 1 fully saturated rings. The molecule has 0 saturated heterocycles. The number of hydrogen-bond acceptors (Lipinski definition) is 1. The first-order chi connectivity index (χ1) is 8.89. The van der Waals surface area contributed by atoms with E-state index in [1.165, 1.54) is 12.1 Å². The van der Waals surface area contributed by atoms with Gasteiger partial charge in [-0.15, -0.1) is 0 Å². The number of carbonyl (C=O) groups is 1. The molecule has 1 nitrogen and oxygen atoms in total. The molecule has 104 valence electrons. The number of Topliss-reactive ketones (excluding diaryl/α,β-unsaturated/α-hetero) is 1. The van der Waals surface area contributed by atoms with Crippen LogP contribution in [0.1, 0.15) is 31.2 Å². The van der Waals surface area contributed by atoms with Gasteiger partial charge in [-0.1, -0.05) is 23.7 Å². The van der Waals surface area contributed by atoms with Crippen molar-refractivity contribution < 1.29 is 18.0 Å². The monoisotopic (exact) mass is 290 g/mol. The second kappa shape index (κ2) is 5.53. The minimum atomic E-state index is -2.65. The molecule has 0 unspecified atom stereocenters. The molecule has 0 heterocycles. The zero-order valence-electron chi connectivity index (χ0n) is 10.3. The Labute approximate surface area is 114 Å². The highest BCUT2D eigenvalue weighted by molar-refractivity contribution is 6.31. The Balaban J connectivity index is 2.00. The van der Waals surface area contributed by atoms with Gasteiger partial charge < -0.3 is 0 Å². The fourth-order valence-electron chi connectivity index (χ4n) is 2.38. The summed E-state index contributed by atoms with van der Waals surface area (Å²) in [6.45, 7) is 0. The van der Waals surface area contributed by atoms with Gasteiger partial charge in [0.1, 0.15) is 11.6 Å².